The number of amides is 1. The third-order valence-corrected chi connectivity index (χ3v) is 6.16. The Morgan fingerprint density at radius 3 is 2.62 bits per heavy atom. The van der Waals surface area contributed by atoms with Crippen LogP contribution in [0.15, 0.2) is 42.5 Å². The molecule has 1 atom stereocenters. The van der Waals surface area contributed by atoms with Crippen molar-refractivity contribution < 1.29 is 22.7 Å². The summed E-state index contributed by atoms with van der Waals surface area (Å²) in [6.07, 6.45) is -2.55. The first kappa shape index (κ1) is 22.6. The van der Waals surface area contributed by atoms with Gasteiger partial charge in [0.05, 0.1) is 11.5 Å². The van der Waals surface area contributed by atoms with Crippen LogP contribution < -0.4 is 10.5 Å². The van der Waals surface area contributed by atoms with E-state index >= 15 is 0 Å². The minimum Gasteiger partial charge on any atom is -0.492 e. The molecule has 1 fully saturated rings. The fourth-order valence-corrected chi connectivity index (χ4v) is 4.53. The van der Waals surface area contributed by atoms with Crippen LogP contribution in [0, 0.1) is 5.92 Å². The van der Waals surface area contributed by atoms with E-state index < -0.39 is 11.7 Å². The van der Waals surface area contributed by atoms with Crippen LogP contribution in [0.5, 0.6) is 5.75 Å². The van der Waals surface area contributed by atoms with Gasteiger partial charge in [-0.2, -0.15) is 13.2 Å². The molecule has 2 aliphatic heterocycles. The van der Waals surface area contributed by atoms with Gasteiger partial charge in [0.2, 0.25) is 5.91 Å². The Morgan fingerprint density at radius 2 is 1.84 bits per heavy atom. The fourth-order valence-electron chi connectivity index (χ4n) is 4.53. The van der Waals surface area contributed by atoms with Gasteiger partial charge in [0.15, 0.2) is 0 Å². The molecule has 32 heavy (non-hydrogen) atoms. The highest BCUT2D eigenvalue weighted by Gasteiger charge is 2.30. The third kappa shape index (κ3) is 5.61. The quantitative estimate of drug-likeness (QED) is 0.758. The third-order valence-electron chi connectivity index (χ3n) is 6.16. The van der Waals surface area contributed by atoms with Crippen molar-refractivity contribution in [3.63, 3.8) is 0 Å². The number of ether oxygens (including phenoxy) is 1. The van der Waals surface area contributed by atoms with Gasteiger partial charge < -0.3 is 10.5 Å². The molecule has 0 bridgehead atoms. The van der Waals surface area contributed by atoms with Gasteiger partial charge in [-0.3, -0.25) is 14.6 Å². The Bertz CT molecular complexity index is 964. The zero-order chi connectivity index (χ0) is 22.7. The van der Waals surface area contributed by atoms with Gasteiger partial charge in [-0.05, 0) is 48.7 Å². The molecule has 1 saturated heterocycles. The molecule has 2 aliphatic rings. The number of hydrogen-bond donors (Lipinski definition) is 1. The summed E-state index contributed by atoms with van der Waals surface area (Å²) in [5.41, 5.74) is 7.64. The SMILES string of the molecule is NC(=O)[C@H]1CCCN(Cc2ccc3c(c2)CN(Cc2cccc(C(F)(F)F)c2)CCO3)C1. The van der Waals surface area contributed by atoms with Crippen LogP contribution >= 0.6 is 0 Å². The fraction of sp³-hybridized carbons (Fsp3) is 0.458. The Labute approximate surface area is 185 Å². The molecule has 0 spiro atoms. The van der Waals surface area contributed by atoms with Crippen LogP contribution in [0.2, 0.25) is 0 Å². The molecular formula is C24H28F3N3O2. The molecule has 172 valence electrons. The minimum absolute atomic E-state index is 0.101. The smallest absolute Gasteiger partial charge is 0.416 e. The van der Waals surface area contributed by atoms with Crippen molar-refractivity contribution in [2.75, 3.05) is 26.2 Å². The molecule has 0 aromatic heterocycles. The minimum atomic E-state index is -4.35. The van der Waals surface area contributed by atoms with Crippen molar-refractivity contribution >= 4 is 5.91 Å². The van der Waals surface area contributed by atoms with Gasteiger partial charge in [0.25, 0.3) is 0 Å². The summed E-state index contributed by atoms with van der Waals surface area (Å²) >= 11 is 0. The molecule has 8 heteroatoms. The highest BCUT2D eigenvalue weighted by Crippen LogP contribution is 2.31. The molecule has 2 heterocycles. The maximum Gasteiger partial charge on any atom is 0.416 e. The molecule has 5 nitrogen and oxygen atoms in total. The topological polar surface area (TPSA) is 58.8 Å². The summed E-state index contributed by atoms with van der Waals surface area (Å²) in [5.74, 6) is 0.472. The molecular weight excluding hydrogens is 419 g/mol. The Balaban J connectivity index is 1.45. The Hall–Kier alpha value is -2.58. The molecule has 2 aromatic rings. The van der Waals surface area contributed by atoms with Crippen LogP contribution in [0.25, 0.3) is 0 Å². The van der Waals surface area contributed by atoms with Crippen molar-refractivity contribution in [1.29, 1.82) is 0 Å². The van der Waals surface area contributed by atoms with E-state index in [9.17, 15) is 18.0 Å². The van der Waals surface area contributed by atoms with Gasteiger partial charge in [0.1, 0.15) is 12.4 Å². The lowest BCUT2D eigenvalue weighted by molar-refractivity contribution is -0.137. The zero-order valence-corrected chi connectivity index (χ0v) is 17.9. The number of alkyl halides is 3. The number of benzene rings is 2. The van der Waals surface area contributed by atoms with E-state index in [0.29, 0.717) is 38.3 Å². The lowest BCUT2D eigenvalue weighted by Gasteiger charge is -2.31. The van der Waals surface area contributed by atoms with Crippen LogP contribution in [0.3, 0.4) is 0 Å². The van der Waals surface area contributed by atoms with Crippen molar-refractivity contribution in [3.8, 4) is 5.75 Å². The van der Waals surface area contributed by atoms with Crippen LogP contribution in [0.4, 0.5) is 13.2 Å². The monoisotopic (exact) mass is 447 g/mol. The molecule has 2 N–H and O–H groups in total. The number of nitrogens with zero attached hydrogens (tertiary/aromatic N) is 2. The molecule has 0 unspecified atom stereocenters. The second-order valence-corrected chi connectivity index (χ2v) is 8.68. The van der Waals surface area contributed by atoms with Gasteiger partial charge in [-0.25, -0.2) is 0 Å². The van der Waals surface area contributed by atoms with Gasteiger partial charge in [-0.1, -0.05) is 24.3 Å². The lowest BCUT2D eigenvalue weighted by atomic mass is 9.97. The maximum absolute atomic E-state index is 13.1. The predicted octanol–water partition coefficient (Wildman–Crippen LogP) is 3.80. The van der Waals surface area contributed by atoms with Gasteiger partial charge >= 0.3 is 6.18 Å². The number of carbonyl (C=O) groups excluding carboxylic acids is 1. The predicted molar refractivity (Wildman–Crippen MR) is 115 cm³/mol. The van der Waals surface area contributed by atoms with E-state index in [4.69, 9.17) is 10.5 Å². The largest absolute Gasteiger partial charge is 0.492 e. The van der Waals surface area contributed by atoms with Crippen molar-refractivity contribution in [1.82, 2.24) is 9.80 Å². The average molecular weight is 448 g/mol. The number of piperidine rings is 1. The number of nitrogens with two attached hydrogens (primary N) is 1. The first-order valence-corrected chi connectivity index (χ1v) is 10.9. The van der Waals surface area contributed by atoms with Crippen LogP contribution in [0.1, 0.15) is 35.1 Å². The van der Waals surface area contributed by atoms with Crippen molar-refractivity contribution in [2.24, 2.45) is 11.7 Å². The second kappa shape index (κ2) is 9.50. The summed E-state index contributed by atoms with van der Waals surface area (Å²) in [7, 11) is 0. The van der Waals surface area contributed by atoms with Gasteiger partial charge in [-0.15, -0.1) is 0 Å². The molecule has 4 rings (SSSR count). The molecule has 0 aliphatic carbocycles. The number of likely N-dealkylation sites (tertiary alicyclic amines) is 1. The van der Waals surface area contributed by atoms with Crippen LogP contribution in [-0.4, -0.2) is 41.9 Å². The van der Waals surface area contributed by atoms with Crippen LogP contribution in [-0.2, 0) is 30.6 Å². The summed E-state index contributed by atoms with van der Waals surface area (Å²) in [5, 5.41) is 0. The molecule has 0 radical (unpaired) electrons. The summed E-state index contributed by atoms with van der Waals surface area (Å²) < 4.78 is 45.0. The first-order valence-electron chi connectivity index (χ1n) is 10.9. The highest BCUT2D eigenvalue weighted by molar-refractivity contribution is 5.76. The number of fused-ring (bicyclic) bond motifs is 1. The van der Waals surface area contributed by atoms with E-state index in [1.54, 1.807) is 6.07 Å². The normalized spacial score (nSPS) is 20.3. The first-order chi connectivity index (χ1) is 15.3. The zero-order valence-electron chi connectivity index (χ0n) is 17.9. The van der Waals surface area contributed by atoms with Crippen molar-refractivity contribution in [3.05, 3.63) is 64.7 Å². The summed E-state index contributed by atoms with van der Waals surface area (Å²) in [4.78, 5) is 15.9. The molecule has 0 saturated carbocycles. The van der Waals surface area contributed by atoms with E-state index in [1.807, 2.05) is 12.1 Å². The Kier molecular flexibility index (Phi) is 6.71. The number of halogens is 3. The Morgan fingerprint density at radius 1 is 1.06 bits per heavy atom. The lowest BCUT2D eigenvalue weighted by Crippen LogP contribution is -2.40. The van der Waals surface area contributed by atoms with E-state index in [1.165, 1.54) is 12.1 Å². The highest BCUT2D eigenvalue weighted by atomic mass is 19.4. The second-order valence-electron chi connectivity index (χ2n) is 8.68. The number of hydrogen-bond acceptors (Lipinski definition) is 4. The van der Waals surface area contributed by atoms with Gasteiger partial charge in [0, 0.05) is 38.3 Å². The molecule has 2 aromatic carbocycles. The number of rotatable bonds is 5. The standard InChI is InChI=1S/C24H28F3N3O2/c25-24(26,27)21-5-1-3-17(12-21)13-30-9-10-32-22-7-6-18(11-20(22)16-30)14-29-8-2-4-19(15-29)23(28)31/h1,3,5-7,11-12,19H,2,4,8-10,13-16H2,(H2,28,31)/t19-/m0/s1. The molecule has 1 amide bonds. The van der Waals surface area contributed by atoms with E-state index in [-0.39, 0.29) is 11.8 Å². The average Bonchev–Trinajstić information content (AvgIpc) is 2.95. The summed E-state index contributed by atoms with van der Waals surface area (Å²) in [6.45, 7) is 4.46. The number of carbonyl (C=O) groups is 1. The summed E-state index contributed by atoms with van der Waals surface area (Å²) in [6, 6.07) is 11.6. The van der Waals surface area contributed by atoms with E-state index in [2.05, 4.69) is 15.9 Å². The van der Waals surface area contributed by atoms with Crippen molar-refractivity contribution in [2.45, 2.75) is 38.7 Å². The van der Waals surface area contributed by atoms with E-state index in [0.717, 1.165) is 48.9 Å². The number of primary amides is 1. The maximum atomic E-state index is 13.1.